The van der Waals surface area contributed by atoms with Gasteiger partial charge in [-0.3, -0.25) is 9.97 Å². The van der Waals surface area contributed by atoms with Crippen LogP contribution in [0.25, 0.3) is 11.4 Å². The van der Waals surface area contributed by atoms with Crippen LogP contribution in [0.4, 0.5) is 11.4 Å². The highest BCUT2D eigenvalue weighted by Gasteiger charge is 2.38. The number of nitrogens with one attached hydrogen (secondary N) is 2. The molecule has 6 saturated heterocycles. The first-order valence-electron chi connectivity index (χ1n) is 22.5. The van der Waals surface area contributed by atoms with Crippen molar-refractivity contribution < 1.29 is 76.5 Å². The molecular formula is C44H66N4O16. The van der Waals surface area contributed by atoms with Crippen molar-refractivity contribution in [1.29, 1.82) is 0 Å². The van der Waals surface area contributed by atoms with E-state index in [0.717, 1.165) is 11.4 Å². The normalized spacial score (nSPS) is 26.7. The topological polar surface area (TPSA) is 239 Å². The fourth-order valence-electron chi connectivity index (χ4n) is 6.70. The minimum Gasteiger partial charge on any atom is -0.389 e. The number of anilines is 2. The molecule has 0 amide bonds. The predicted octanol–water partition coefficient (Wildman–Crippen LogP) is 0.188. The molecule has 2 aromatic rings. The molecule has 6 aliphatic rings. The molecule has 6 aliphatic heterocycles. The lowest BCUT2D eigenvalue weighted by Gasteiger charge is -2.33. The Labute approximate surface area is 374 Å². The molecule has 0 aromatic carbocycles. The van der Waals surface area contributed by atoms with Crippen LogP contribution in [-0.4, -0.2) is 227 Å². The van der Waals surface area contributed by atoms with E-state index in [-0.39, 0.29) is 76.1 Å². The number of ether oxygens (including phenoxy) is 14. The maximum Gasteiger partial charge on any atom is 0.104 e. The van der Waals surface area contributed by atoms with E-state index in [1.165, 1.54) is 0 Å². The molecule has 8 unspecified atom stereocenters. The smallest absolute Gasteiger partial charge is 0.104 e. The molecule has 0 bridgehead atoms. The van der Waals surface area contributed by atoms with Crippen molar-refractivity contribution in [3.8, 4) is 11.4 Å². The Morgan fingerprint density at radius 2 is 0.734 bits per heavy atom. The summed E-state index contributed by atoms with van der Waals surface area (Å²) in [6.45, 7) is 10.5. The van der Waals surface area contributed by atoms with E-state index in [4.69, 9.17) is 66.3 Å². The number of nitrogens with zero attached hydrogens (tertiary/aromatic N) is 2. The fourth-order valence-corrected chi connectivity index (χ4v) is 6.70. The highest BCUT2D eigenvalue weighted by Crippen LogP contribution is 2.27. The number of epoxide rings is 6. The maximum atomic E-state index is 10.9. The Morgan fingerprint density at radius 1 is 0.469 bits per heavy atom. The lowest BCUT2D eigenvalue weighted by atomic mass is 9.92. The summed E-state index contributed by atoms with van der Waals surface area (Å²) in [6.07, 6.45) is 2.49. The number of hydrogen-bond acceptors (Lipinski definition) is 20. The molecule has 20 heteroatoms. The Balaban J connectivity index is 0.773. The fraction of sp³-hybridized carbons (Fsp3) is 0.773. The number of hydrogen-bond donors (Lipinski definition) is 4. The number of rotatable bonds is 39. The van der Waals surface area contributed by atoms with Crippen LogP contribution in [-0.2, 0) is 66.3 Å². The van der Waals surface area contributed by atoms with Crippen LogP contribution in [0.15, 0.2) is 36.7 Å². The van der Waals surface area contributed by atoms with Gasteiger partial charge in [0.15, 0.2) is 0 Å². The second kappa shape index (κ2) is 24.3. The van der Waals surface area contributed by atoms with Gasteiger partial charge in [-0.15, -0.1) is 0 Å². The van der Waals surface area contributed by atoms with Gasteiger partial charge in [-0.1, -0.05) is 0 Å². The highest BCUT2D eigenvalue weighted by atomic mass is 16.6. The van der Waals surface area contributed by atoms with E-state index in [1.807, 2.05) is 24.3 Å². The first-order chi connectivity index (χ1) is 31.4. The molecule has 0 spiro atoms. The number of pyridine rings is 2. The predicted molar refractivity (Wildman–Crippen MR) is 226 cm³/mol. The van der Waals surface area contributed by atoms with E-state index in [1.54, 1.807) is 12.4 Å². The minimum atomic E-state index is -0.809. The van der Waals surface area contributed by atoms with Crippen LogP contribution in [0.5, 0.6) is 0 Å². The molecule has 0 saturated carbocycles. The van der Waals surface area contributed by atoms with Crippen molar-refractivity contribution in [3.63, 3.8) is 0 Å². The lowest BCUT2D eigenvalue weighted by Crippen LogP contribution is -2.43. The molecule has 6 fully saturated rings. The third-order valence-corrected chi connectivity index (χ3v) is 11.0. The van der Waals surface area contributed by atoms with Crippen LogP contribution in [0.2, 0.25) is 0 Å². The molecule has 0 aliphatic carbocycles. The molecule has 4 N–H and O–H groups in total. The van der Waals surface area contributed by atoms with Gasteiger partial charge in [0.1, 0.15) is 36.6 Å². The second-order valence-electron chi connectivity index (χ2n) is 17.8. The first-order valence-corrected chi connectivity index (χ1v) is 22.5. The van der Waals surface area contributed by atoms with Gasteiger partial charge in [0.2, 0.25) is 0 Å². The SMILES string of the molecule is OC(CNc1ccnc(-c2cc(NCC(O)COCC(COCC3CO3)(COCC3CO3)COCC3CO3)ccn2)c1)COCC(COCC1CO1)(COCC1CO1)COCC1CO1. The van der Waals surface area contributed by atoms with Gasteiger partial charge in [-0.05, 0) is 24.3 Å². The van der Waals surface area contributed by atoms with E-state index < -0.39 is 23.0 Å². The molecule has 8 atom stereocenters. The molecule has 64 heavy (non-hydrogen) atoms. The highest BCUT2D eigenvalue weighted by molar-refractivity contribution is 5.64. The third kappa shape index (κ3) is 18.2. The Kier molecular flexibility index (Phi) is 18.2. The van der Waals surface area contributed by atoms with Crippen LogP contribution in [0.1, 0.15) is 0 Å². The summed E-state index contributed by atoms with van der Waals surface area (Å²) in [5, 5.41) is 28.4. The summed E-state index contributed by atoms with van der Waals surface area (Å²) in [5.74, 6) is 0. The summed E-state index contributed by atoms with van der Waals surface area (Å²) in [5.41, 5.74) is 1.60. The van der Waals surface area contributed by atoms with E-state index >= 15 is 0 Å². The van der Waals surface area contributed by atoms with Gasteiger partial charge < -0.3 is 87.2 Å². The van der Waals surface area contributed by atoms with Crippen LogP contribution in [0.3, 0.4) is 0 Å². The van der Waals surface area contributed by atoms with Crippen LogP contribution < -0.4 is 10.6 Å². The molecule has 20 nitrogen and oxygen atoms in total. The van der Waals surface area contributed by atoms with Crippen LogP contribution in [0, 0.1) is 10.8 Å². The maximum absolute atomic E-state index is 10.9. The number of aliphatic hydroxyl groups is 2. The van der Waals surface area contributed by atoms with Crippen molar-refractivity contribution in [2.45, 2.75) is 48.8 Å². The van der Waals surface area contributed by atoms with Crippen molar-refractivity contribution >= 4 is 11.4 Å². The standard InChI is InChI=1S/C44H66N4O16/c49-33(9-51-23-43(25-53-11-35-17-59-35,26-54-12-36-18-60-36)27-55-13-37-19-61-37)7-47-31-1-3-45-41(5-31)42-6-32(2-4-46-42)48-8-34(50)10-52-24-44(28-56-14-38-20-62-38,29-57-15-39-21-63-39)30-58-16-40-22-64-40/h1-6,33-40,49-50H,7-30H2,(H,45,47)(H,46,48). The van der Waals surface area contributed by atoms with Crippen molar-refractivity contribution in [2.75, 3.05) is 169 Å². The van der Waals surface area contributed by atoms with E-state index in [9.17, 15) is 10.2 Å². The third-order valence-electron chi connectivity index (χ3n) is 11.0. The quantitative estimate of drug-likeness (QED) is 0.0655. The number of aliphatic hydroxyl groups excluding tert-OH is 2. The largest absolute Gasteiger partial charge is 0.389 e. The van der Waals surface area contributed by atoms with Gasteiger partial charge in [-0.2, -0.15) is 0 Å². The van der Waals surface area contributed by atoms with Gasteiger partial charge in [-0.25, -0.2) is 0 Å². The van der Waals surface area contributed by atoms with Gasteiger partial charge in [0, 0.05) is 36.9 Å². The summed E-state index contributed by atoms with van der Waals surface area (Å²) in [7, 11) is 0. The lowest BCUT2D eigenvalue weighted by molar-refractivity contribution is -0.116. The minimum absolute atomic E-state index is 0.0861. The van der Waals surface area contributed by atoms with Crippen molar-refractivity contribution in [1.82, 2.24) is 9.97 Å². The number of aromatic nitrogens is 2. The van der Waals surface area contributed by atoms with Gasteiger partial charge >= 0.3 is 0 Å². The Morgan fingerprint density at radius 3 is 1.00 bits per heavy atom. The molecule has 2 aromatic heterocycles. The summed E-state index contributed by atoms with van der Waals surface area (Å²) >= 11 is 0. The van der Waals surface area contributed by atoms with Crippen molar-refractivity contribution in [3.05, 3.63) is 36.7 Å². The average Bonchev–Trinajstić information content (AvgIpc) is 4.07. The van der Waals surface area contributed by atoms with E-state index in [2.05, 4.69) is 20.6 Å². The average molecular weight is 907 g/mol. The molecule has 358 valence electrons. The first kappa shape index (κ1) is 47.7. The zero-order valence-corrected chi connectivity index (χ0v) is 36.6. The molecular weight excluding hydrogens is 840 g/mol. The Hall–Kier alpha value is -2.74. The zero-order chi connectivity index (χ0) is 43.9. The second-order valence-corrected chi connectivity index (χ2v) is 17.8. The Bertz CT molecular complexity index is 1450. The summed E-state index contributed by atoms with van der Waals surface area (Å²) in [6, 6.07) is 7.39. The van der Waals surface area contributed by atoms with Crippen molar-refractivity contribution in [2.24, 2.45) is 10.8 Å². The molecule has 8 rings (SSSR count). The summed E-state index contributed by atoms with van der Waals surface area (Å²) in [4.78, 5) is 9.07. The molecule has 8 heterocycles. The zero-order valence-electron chi connectivity index (χ0n) is 36.6. The van der Waals surface area contributed by atoms with E-state index in [0.29, 0.717) is 130 Å². The molecule has 0 radical (unpaired) electrons. The van der Waals surface area contributed by atoms with Crippen LogP contribution >= 0.6 is 0 Å². The van der Waals surface area contributed by atoms with Gasteiger partial charge in [0.05, 0.1) is 180 Å². The van der Waals surface area contributed by atoms with Gasteiger partial charge in [0.25, 0.3) is 0 Å². The summed E-state index contributed by atoms with van der Waals surface area (Å²) < 4.78 is 80.4. The monoisotopic (exact) mass is 906 g/mol.